The minimum absolute atomic E-state index is 0.00320. The highest BCUT2D eigenvalue weighted by molar-refractivity contribution is 5.78. The van der Waals surface area contributed by atoms with Crippen LogP contribution in [0.2, 0.25) is 0 Å². The molecular weight excluding hydrogens is 248 g/mol. The molecule has 1 aliphatic heterocycles. The molecule has 2 aromatic rings. The van der Waals surface area contributed by atoms with E-state index in [2.05, 4.69) is 48.4 Å². The van der Waals surface area contributed by atoms with Gasteiger partial charge in [-0.2, -0.15) is 0 Å². The van der Waals surface area contributed by atoms with Crippen LogP contribution in [0.5, 0.6) is 0 Å². The van der Waals surface area contributed by atoms with Crippen molar-refractivity contribution >= 4 is 10.9 Å². The van der Waals surface area contributed by atoms with Crippen LogP contribution in [0, 0.1) is 0 Å². The molecule has 20 heavy (non-hydrogen) atoms. The van der Waals surface area contributed by atoms with Crippen LogP contribution >= 0.6 is 0 Å². The summed E-state index contributed by atoms with van der Waals surface area (Å²) in [6.07, 6.45) is 4.01. The van der Waals surface area contributed by atoms with Crippen LogP contribution in [0.25, 0.3) is 10.9 Å². The van der Waals surface area contributed by atoms with Crippen molar-refractivity contribution < 1.29 is 4.74 Å². The lowest BCUT2D eigenvalue weighted by molar-refractivity contribution is -0.0630. The summed E-state index contributed by atoms with van der Waals surface area (Å²) >= 11 is 0. The molecule has 0 bridgehead atoms. The zero-order valence-electron chi connectivity index (χ0n) is 12.2. The van der Waals surface area contributed by atoms with Crippen molar-refractivity contribution in [3.05, 3.63) is 42.1 Å². The van der Waals surface area contributed by atoms with Gasteiger partial charge in [0, 0.05) is 30.8 Å². The summed E-state index contributed by atoms with van der Waals surface area (Å²) in [6, 6.07) is 11.1. The molecule has 1 aromatic heterocycles. The van der Waals surface area contributed by atoms with E-state index in [0.29, 0.717) is 6.04 Å². The summed E-state index contributed by atoms with van der Waals surface area (Å²) in [6.45, 7) is 6.10. The summed E-state index contributed by atoms with van der Waals surface area (Å²) in [5, 5.41) is 4.87. The standard InChI is InChI=1S/C17H22N2O/c1-17(2)11-15(7-9-20-17)19-12-13-5-6-16-14(10-13)4-3-8-18-16/h3-6,8,10,15,19H,7,9,11-12H2,1-2H3. The lowest BCUT2D eigenvalue weighted by Gasteiger charge is -2.36. The fourth-order valence-corrected chi connectivity index (χ4v) is 2.90. The van der Waals surface area contributed by atoms with Gasteiger partial charge in [-0.1, -0.05) is 12.1 Å². The predicted octanol–water partition coefficient (Wildman–Crippen LogP) is 3.28. The SMILES string of the molecule is CC1(C)CC(NCc2ccc3ncccc3c2)CCO1. The molecule has 0 aliphatic carbocycles. The van der Waals surface area contributed by atoms with Crippen LogP contribution in [0.3, 0.4) is 0 Å². The third kappa shape index (κ3) is 3.17. The third-order valence-electron chi connectivity index (χ3n) is 3.96. The first-order valence-electron chi connectivity index (χ1n) is 7.33. The largest absolute Gasteiger partial charge is 0.375 e. The molecule has 2 heterocycles. The first kappa shape index (κ1) is 13.5. The number of ether oxygens (including phenoxy) is 1. The molecule has 1 unspecified atom stereocenters. The second kappa shape index (κ2) is 5.51. The molecule has 3 heteroatoms. The van der Waals surface area contributed by atoms with Gasteiger partial charge in [-0.25, -0.2) is 0 Å². The Morgan fingerprint density at radius 1 is 1.35 bits per heavy atom. The first-order valence-corrected chi connectivity index (χ1v) is 7.33. The summed E-state index contributed by atoms with van der Waals surface area (Å²) < 4.78 is 5.76. The van der Waals surface area contributed by atoms with E-state index in [1.165, 1.54) is 10.9 Å². The van der Waals surface area contributed by atoms with Gasteiger partial charge in [-0.15, -0.1) is 0 Å². The maximum Gasteiger partial charge on any atom is 0.0702 e. The average Bonchev–Trinajstić information content (AvgIpc) is 2.44. The fourth-order valence-electron chi connectivity index (χ4n) is 2.90. The first-order chi connectivity index (χ1) is 9.62. The highest BCUT2D eigenvalue weighted by atomic mass is 16.5. The molecule has 3 nitrogen and oxygen atoms in total. The van der Waals surface area contributed by atoms with Gasteiger partial charge >= 0.3 is 0 Å². The van der Waals surface area contributed by atoms with Gasteiger partial charge in [0.05, 0.1) is 11.1 Å². The molecule has 0 amide bonds. The van der Waals surface area contributed by atoms with Gasteiger partial charge in [0.1, 0.15) is 0 Å². The predicted molar refractivity (Wildman–Crippen MR) is 81.6 cm³/mol. The molecule has 106 valence electrons. The topological polar surface area (TPSA) is 34.2 Å². The lowest BCUT2D eigenvalue weighted by atomic mass is 9.94. The Hall–Kier alpha value is -1.45. The van der Waals surface area contributed by atoms with E-state index in [9.17, 15) is 0 Å². The third-order valence-corrected chi connectivity index (χ3v) is 3.96. The molecule has 1 atom stereocenters. The number of hydrogen-bond donors (Lipinski definition) is 1. The minimum atomic E-state index is 0.00320. The monoisotopic (exact) mass is 270 g/mol. The van der Waals surface area contributed by atoms with Crippen molar-refractivity contribution in [2.24, 2.45) is 0 Å². The number of rotatable bonds is 3. The van der Waals surface area contributed by atoms with Crippen molar-refractivity contribution in [3.63, 3.8) is 0 Å². The summed E-state index contributed by atoms with van der Waals surface area (Å²) in [4.78, 5) is 4.35. The van der Waals surface area contributed by atoms with Gasteiger partial charge in [0.25, 0.3) is 0 Å². The Labute approximate surface area is 120 Å². The molecule has 0 radical (unpaired) electrons. The van der Waals surface area contributed by atoms with Crippen LogP contribution in [-0.2, 0) is 11.3 Å². The fraction of sp³-hybridized carbons (Fsp3) is 0.471. The van der Waals surface area contributed by atoms with Crippen LogP contribution in [0.4, 0.5) is 0 Å². The quantitative estimate of drug-likeness (QED) is 0.929. The zero-order valence-corrected chi connectivity index (χ0v) is 12.2. The van der Waals surface area contributed by atoms with Crippen molar-refractivity contribution in [1.29, 1.82) is 0 Å². The number of fused-ring (bicyclic) bond motifs is 1. The number of benzene rings is 1. The number of hydrogen-bond acceptors (Lipinski definition) is 3. The molecule has 3 rings (SSSR count). The normalized spacial score (nSPS) is 22.0. The lowest BCUT2D eigenvalue weighted by Crippen LogP contribution is -2.43. The van der Waals surface area contributed by atoms with E-state index in [1.54, 1.807) is 0 Å². The molecular formula is C17H22N2O. The average molecular weight is 270 g/mol. The van der Waals surface area contributed by atoms with E-state index < -0.39 is 0 Å². The van der Waals surface area contributed by atoms with E-state index in [4.69, 9.17) is 4.74 Å². The Morgan fingerprint density at radius 2 is 2.25 bits per heavy atom. The molecule has 1 aromatic carbocycles. The highest BCUT2D eigenvalue weighted by Crippen LogP contribution is 2.24. The molecule has 0 spiro atoms. The smallest absolute Gasteiger partial charge is 0.0702 e. The maximum atomic E-state index is 5.76. The van der Waals surface area contributed by atoms with Crippen LogP contribution < -0.4 is 5.32 Å². The number of nitrogens with one attached hydrogen (secondary N) is 1. The van der Waals surface area contributed by atoms with Gasteiger partial charge < -0.3 is 10.1 Å². The van der Waals surface area contributed by atoms with Crippen LogP contribution in [0.1, 0.15) is 32.3 Å². The van der Waals surface area contributed by atoms with Crippen molar-refractivity contribution in [2.45, 2.75) is 44.9 Å². The van der Waals surface area contributed by atoms with E-state index in [0.717, 1.165) is 31.5 Å². The van der Waals surface area contributed by atoms with Crippen molar-refractivity contribution in [2.75, 3.05) is 6.61 Å². The Bertz CT molecular complexity index is 594. The number of aromatic nitrogens is 1. The molecule has 0 saturated carbocycles. The van der Waals surface area contributed by atoms with Gasteiger partial charge in [-0.3, -0.25) is 4.98 Å². The van der Waals surface area contributed by atoms with Gasteiger partial charge in [0.2, 0.25) is 0 Å². The Morgan fingerprint density at radius 3 is 3.10 bits per heavy atom. The van der Waals surface area contributed by atoms with E-state index in [1.807, 2.05) is 12.3 Å². The van der Waals surface area contributed by atoms with Gasteiger partial charge in [0.15, 0.2) is 0 Å². The second-order valence-electron chi connectivity index (χ2n) is 6.21. The summed E-state index contributed by atoms with van der Waals surface area (Å²) in [5.41, 5.74) is 2.38. The second-order valence-corrected chi connectivity index (χ2v) is 6.21. The number of pyridine rings is 1. The van der Waals surface area contributed by atoms with Crippen molar-refractivity contribution in [3.8, 4) is 0 Å². The molecule has 1 N–H and O–H groups in total. The maximum absolute atomic E-state index is 5.76. The van der Waals surface area contributed by atoms with E-state index in [-0.39, 0.29) is 5.60 Å². The molecule has 1 fully saturated rings. The zero-order chi connectivity index (χ0) is 14.0. The Kier molecular flexibility index (Phi) is 3.72. The van der Waals surface area contributed by atoms with Gasteiger partial charge in [-0.05, 0) is 50.5 Å². The summed E-state index contributed by atoms with van der Waals surface area (Å²) in [5.74, 6) is 0. The highest BCUT2D eigenvalue weighted by Gasteiger charge is 2.28. The van der Waals surface area contributed by atoms with Crippen LogP contribution in [-0.4, -0.2) is 23.2 Å². The molecule has 1 saturated heterocycles. The van der Waals surface area contributed by atoms with Crippen LogP contribution in [0.15, 0.2) is 36.5 Å². The van der Waals surface area contributed by atoms with E-state index >= 15 is 0 Å². The molecule has 1 aliphatic rings. The summed E-state index contributed by atoms with van der Waals surface area (Å²) in [7, 11) is 0. The Balaban J connectivity index is 1.65. The minimum Gasteiger partial charge on any atom is -0.375 e. The number of nitrogens with zero attached hydrogens (tertiary/aromatic N) is 1. The van der Waals surface area contributed by atoms with Crippen molar-refractivity contribution in [1.82, 2.24) is 10.3 Å².